The van der Waals surface area contributed by atoms with Gasteiger partial charge in [0, 0.05) is 17.5 Å². The van der Waals surface area contributed by atoms with E-state index in [0.717, 1.165) is 23.0 Å². The van der Waals surface area contributed by atoms with Gasteiger partial charge in [0.15, 0.2) is 5.78 Å². The number of hydrogen-bond acceptors (Lipinski definition) is 3. The topological polar surface area (TPSA) is 63.2 Å². The van der Waals surface area contributed by atoms with Crippen molar-refractivity contribution in [3.8, 4) is 0 Å². The van der Waals surface area contributed by atoms with Crippen LogP contribution in [0, 0.1) is 0 Å². The maximum atomic E-state index is 13.3. The Kier molecular flexibility index (Phi) is 8.48. The van der Waals surface area contributed by atoms with Gasteiger partial charge in [-0.05, 0) is 43.9 Å². The minimum Gasteiger partial charge on any atom is -0.303 e. The van der Waals surface area contributed by atoms with Crippen LogP contribution in [0.1, 0.15) is 65.4 Å². The molecule has 172 valence electrons. The highest BCUT2D eigenvalue weighted by atomic mass is 32.2. The van der Waals surface area contributed by atoms with Gasteiger partial charge in [0.25, 0.3) is 0 Å². The highest BCUT2D eigenvalue weighted by molar-refractivity contribution is 7.83. The Balaban J connectivity index is 1.85. The number of hydrogen-bond donors (Lipinski definition) is 1. The summed E-state index contributed by atoms with van der Waals surface area (Å²) in [6, 6.07) is 27.0. The normalized spacial score (nSPS) is 14.3. The molecule has 3 rings (SSSR count). The first-order valence-electron chi connectivity index (χ1n) is 11.1. The summed E-state index contributed by atoms with van der Waals surface area (Å²) in [5, 5.41) is -0.424. The standard InChI is InChI=1S/C28H31NO3S/c1-28(2,3)29-33(32)26(18-19-30)23-16-14-21(15-17-23)20-25(22-10-6-4-7-11-22)27(31)24-12-8-5-9-13-24/h4-17,19,25-26,29H,18,20H2,1-3H3. The first-order chi connectivity index (χ1) is 15.8. The summed E-state index contributed by atoms with van der Waals surface area (Å²) >= 11 is 0. The van der Waals surface area contributed by atoms with E-state index in [4.69, 9.17) is 0 Å². The zero-order valence-corrected chi connectivity index (χ0v) is 20.2. The molecule has 0 aliphatic heterocycles. The second kappa shape index (κ2) is 11.3. The largest absolute Gasteiger partial charge is 0.303 e. The van der Waals surface area contributed by atoms with Crippen molar-refractivity contribution < 1.29 is 13.8 Å². The van der Waals surface area contributed by atoms with E-state index in [2.05, 4.69) is 4.72 Å². The van der Waals surface area contributed by atoms with Crippen LogP contribution in [-0.4, -0.2) is 21.8 Å². The molecule has 0 spiro atoms. The second-order valence-electron chi connectivity index (χ2n) is 9.18. The molecule has 0 radical (unpaired) electrons. The van der Waals surface area contributed by atoms with E-state index in [9.17, 15) is 13.8 Å². The average molecular weight is 462 g/mol. The van der Waals surface area contributed by atoms with Gasteiger partial charge in [0.1, 0.15) is 17.3 Å². The molecule has 0 aliphatic rings. The summed E-state index contributed by atoms with van der Waals surface area (Å²) in [7, 11) is -1.39. The van der Waals surface area contributed by atoms with Crippen LogP contribution >= 0.6 is 0 Å². The van der Waals surface area contributed by atoms with Gasteiger partial charge < -0.3 is 4.79 Å². The van der Waals surface area contributed by atoms with E-state index in [1.165, 1.54) is 0 Å². The monoisotopic (exact) mass is 461 g/mol. The van der Waals surface area contributed by atoms with Gasteiger partial charge in [-0.3, -0.25) is 4.79 Å². The van der Waals surface area contributed by atoms with Crippen molar-refractivity contribution in [1.82, 2.24) is 4.72 Å². The molecule has 5 heteroatoms. The molecule has 3 atom stereocenters. The molecular formula is C28H31NO3S. The smallest absolute Gasteiger partial charge is 0.170 e. The number of nitrogens with one attached hydrogen (secondary N) is 1. The Morgan fingerprint density at radius 3 is 2.00 bits per heavy atom. The van der Waals surface area contributed by atoms with Crippen molar-refractivity contribution in [3.63, 3.8) is 0 Å². The molecule has 1 N–H and O–H groups in total. The van der Waals surface area contributed by atoms with E-state index in [0.29, 0.717) is 12.0 Å². The number of carbonyl (C=O) groups is 2. The quantitative estimate of drug-likeness (QED) is 0.317. The van der Waals surface area contributed by atoms with Crippen LogP contribution in [0.3, 0.4) is 0 Å². The number of Topliss-reactive ketones (excluding diaryl/α,β-unsaturated/α-hetero) is 1. The van der Waals surface area contributed by atoms with Crippen LogP contribution in [-0.2, 0) is 22.2 Å². The molecule has 0 fully saturated rings. The molecular weight excluding hydrogens is 430 g/mol. The highest BCUT2D eigenvalue weighted by Crippen LogP contribution is 2.28. The first kappa shape index (κ1) is 24.7. The number of carbonyl (C=O) groups excluding carboxylic acids is 2. The maximum Gasteiger partial charge on any atom is 0.170 e. The van der Waals surface area contributed by atoms with Gasteiger partial charge in [0.05, 0.1) is 11.2 Å². The highest BCUT2D eigenvalue weighted by Gasteiger charge is 2.25. The maximum absolute atomic E-state index is 13.3. The third-order valence-corrected chi connectivity index (χ3v) is 7.14. The average Bonchev–Trinajstić information content (AvgIpc) is 2.81. The molecule has 33 heavy (non-hydrogen) atoms. The van der Waals surface area contributed by atoms with Crippen LogP contribution in [0.15, 0.2) is 84.9 Å². The summed E-state index contributed by atoms with van der Waals surface area (Å²) in [6.07, 6.45) is 1.54. The van der Waals surface area contributed by atoms with Gasteiger partial charge in [-0.1, -0.05) is 84.9 Å². The third kappa shape index (κ3) is 7.04. The Hall–Kier alpha value is -2.89. The molecule has 0 bridgehead atoms. The molecule has 0 amide bonds. The summed E-state index contributed by atoms with van der Waals surface area (Å²) in [5.74, 6) is -0.220. The van der Waals surface area contributed by atoms with Crippen molar-refractivity contribution in [2.75, 3.05) is 0 Å². The lowest BCUT2D eigenvalue weighted by Gasteiger charge is -2.24. The molecule has 3 aromatic rings. The SMILES string of the molecule is CC(C)(C)NS(=O)C(CC=O)c1ccc(CC(C(=O)c2ccccc2)c2ccccc2)cc1. The van der Waals surface area contributed by atoms with Crippen molar-refractivity contribution in [3.05, 3.63) is 107 Å². The number of rotatable bonds is 10. The molecule has 3 unspecified atom stereocenters. The predicted octanol–water partition coefficient (Wildman–Crippen LogP) is 5.58. The minimum atomic E-state index is -1.39. The molecule has 0 aromatic heterocycles. The van der Waals surface area contributed by atoms with E-state index >= 15 is 0 Å². The molecule has 0 aliphatic carbocycles. The van der Waals surface area contributed by atoms with E-state index < -0.39 is 16.2 Å². The number of aldehydes is 1. The van der Waals surface area contributed by atoms with Gasteiger partial charge >= 0.3 is 0 Å². The van der Waals surface area contributed by atoms with Gasteiger partial charge in [-0.15, -0.1) is 0 Å². The summed E-state index contributed by atoms with van der Waals surface area (Å²) in [6.45, 7) is 5.83. The molecule has 0 saturated heterocycles. The van der Waals surface area contributed by atoms with Gasteiger partial charge in [-0.2, -0.15) is 0 Å². The van der Waals surface area contributed by atoms with E-state index in [1.54, 1.807) is 0 Å². The van der Waals surface area contributed by atoms with Crippen LogP contribution in [0.4, 0.5) is 0 Å². The Morgan fingerprint density at radius 1 is 0.879 bits per heavy atom. The van der Waals surface area contributed by atoms with Crippen LogP contribution in [0.25, 0.3) is 0 Å². The fraction of sp³-hybridized carbons (Fsp3) is 0.286. The molecule has 3 aromatic carbocycles. The fourth-order valence-electron chi connectivity index (χ4n) is 3.76. The Morgan fingerprint density at radius 2 is 1.45 bits per heavy atom. The fourth-order valence-corrected chi connectivity index (χ4v) is 5.17. The van der Waals surface area contributed by atoms with E-state index in [-0.39, 0.29) is 23.7 Å². The van der Waals surface area contributed by atoms with Crippen molar-refractivity contribution >= 4 is 23.1 Å². The summed E-state index contributed by atoms with van der Waals surface area (Å²) < 4.78 is 15.9. The third-order valence-electron chi connectivity index (χ3n) is 5.34. The Bertz CT molecular complexity index is 1070. The lowest BCUT2D eigenvalue weighted by molar-refractivity contribution is -0.107. The summed E-state index contributed by atoms with van der Waals surface area (Å²) in [5.41, 5.74) is 3.19. The van der Waals surface area contributed by atoms with Crippen LogP contribution in [0.5, 0.6) is 0 Å². The minimum absolute atomic E-state index is 0.0835. The molecule has 0 saturated carbocycles. The van der Waals surface area contributed by atoms with Crippen LogP contribution < -0.4 is 4.72 Å². The zero-order valence-electron chi connectivity index (χ0n) is 19.4. The van der Waals surface area contributed by atoms with Crippen LogP contribution in [0.2, 0.25) is 0 Å². The van der Waals surface area contributed by atoms with Crippen molar-refractivity contribution in [2.24, 2.45) is 0 Å². The lowest BCUT2D eigenvalue weighted by atomic mass is 9.85. The van der Waals surface area contributed by atoms with E-state index in [1.807, 2.05) is 106 Å². The lowest BCUT2D eigenvalue weighted by Crippen LogP contribution is -2.39. The van der Waals surface area contributed by atoms with Crippen molar-refractivity contribution in [1.29, 1.82) is 0 Å². The zero-order chi connectivity index (χ0) is 23.8. The molecule has 4 nitrogen and oxygen atoms in total. The molecule has 0 heterocycles. The Labute approximate surface area is 199 Å². The van der Waals surface area contributed by atoms with Crippen molar-refractivity contribution in [2.45, 2.75) is 50.3 Å². The van der Waals surface area contributed by atoms with Gasteiger partial charge in [-0.25, -0.2) is 8.93 Å². The second-order valence-corrected chi connectivity index (χ2v) is 10.5. The number of benzene rings is 3. The number of ketones is 1. The summed E-state index contributed by atoms with van der Waals surface area (Å²) in [4.78, 5) is 24.6. The predicted molar refractivity (Wildman–Crippen MR) is 135 cm³/mol. The first-order valence-corrected chi connectivity index (χ1v) is 12.3. The van der Waals surface area contributed by atoms with Gasteiger partial charge in [0.2, 0.25) is 0 Å².